The minimum Gasteiger partial charge on any atom is -0.349 e. The zero-order valence-electron chi connectivity index (χ0n) is 16.3. The third-order valence-corrected chi connectivity index (χ3v) is 4.22. The number of carbonyl (C=O) groups excluding carboxylic acids is 1. The molecule has 136 valence electrons. The summed E-state index contributed by atoms with van der Waals surface area (Å²) in [5.41, 5.74) is 5.13. The second-order valence-corrected chi connectivity index (χ2v) is 7.83. The molecule has 0 unspecified atom stereocenters. The van der Waals surface area contributed by atoms with Gasteiger partial charge in [0, 0.05) is 18.8 Å². The van der Waals surface area contributed by atoms with Gasteiger partial charge in [0.2, 0.25) is 0 Å². The van der Waals surface area contributed by atoms with E-state index in [1.807, 2.05) is 75.8 Å². The zero-order valence-corrected chi connectivity index (χ0v) is 16.3. The largest absolute Gasteiger partial charge is 0.349 e. The first-order valence-corrected chi connectivity index (χ1v) is 8.77. The van der Waals surface area contributed by atoms with Crippen LogP contribution in [-0.4, -0.2) is 25.8 Å². The van der Waals surface area contributed by atoms with Crippen LogP contribution in [0.15, 0.2) is 42.6 Å². The molecule has 1 amide bonds. The zero-order chi connectivity index (χ0) is 19.1. The van der Waals surface area contributed by atoms with E-state index in [9.17, 15) is 4.79 Å². The quantitative estimate of drug-likeness (QED) is 0.775. The van der Waals surface area contributed by atoms with Crippen LogP contribution in [-0.2, 0) is 7.05 Å². The molecule has 0 aliphatic carbocycles. The van der Waals surface area contributed by atoms with E-state index in [0.717, 1.165) is 22.6 Å². The summed E-state index contributed by atoms with van der Waals surface area (Å²) in [5.74, 6) is -0.134. The summed E-state index contributed by atoms with van der Waals surface area (Å²) in [6, 6.07) is 12.0. The van der Waals surface area contributed by atoms with Gasteiger partial charge in [-0.05, 0) is 64.4 Å². The van der Waals surface area contributed by atoms with Gasteiger partial charge >= 0.3 is 0 Å². The van der Waals surface area contributed by atoms with E-state index in [-0.39, 0.29) is 11.4 Å². The lowest BCUT2D eigenvalue weighted by Gasteiger charge is -2.21. The van der Waals surface area contributed by atoms with Crippen molar-refractivity contribution in [2.24, 2.45) is 7.05 Å². The van der Waals surface area contributed by atoms with Crippen LogP contribution in [0.5, 0.6) is 0 Å². The van der Waals surface area contributed by atoms with Gasteiger partial charge in [0.05, 0.1) is 11.4 Å². The van der Waals surface area contributed by atoms with Gasteiger partial charge in [-0.15, -0.1) is 0 Å². The van der Waals surface area contributed by atoms with Crippen LogP contribution in [0.4, 0.5) is 0 Å². The van der Waals surface area contributed by atoms with Gasteiger partial charge in [-0.2, -0.15) is 5.10 Å². The van der Waals surface area contributed by atoms with E-state index in [2.05, 4.69) is 18.3 Å². The van der Waals surface area contributed by atoms with Crippen molar-refractivity contribution in [2.75, 3.05) is 0 Å². The molecule has 0 spiro atoms. The molecule has 0 aliphatic heterocycles. The fourth-order valence-electron chi connectivity index (χ4n) is 3.03. The minimum atomic E-state index is -0.320. The summed E-state index contributed by atoms with van der Waals surface area (Å²) >= 11 is 0. The normalized spacial score (nSPS) is 11.6. The lowest BCUT2D eigenvalue weighted by molar-refractivity contribution is 0.0911. The van der Waals surface area contributed by atoms with Crippen LogP contribution in [0, 0.1) is 13.8 Å². The highest BCUT2D eigenvalue weighted by Gasteiger charge is 2.22. The molecule has 3 aromatic rings. The molecule has 0 atom stereocenters. The lowest BCUT2D eigenvalue weighted by Crippen LogP contribution is -2.41. The Balaban J connectivity index is 2.16. The summed E-state index contributed by atoms with van der Waals surface area (Å²) in [6.45, 7) is 10.0. The number of hydrogen-bond acceptors (Lipinski definition) is 2. The van der Waals surface area contributed by atoms with Gasteiger partial charge in [-0.25, -0.2) is 4.68 Å². The van der Waals surface area contributed by atoms with Crippen molar-refractivity contribution < 1.29 is 4.79 Å². The van der Waals surface area contributed by atoms with Gasteiger partial charge < -0.3 is 9.88 Å². The Morgan fingerprint density at radius 2 is 1.85 bits per heavy atom. The number of hydrogen-bond donors (Lipinski definition) is 1. The Labute approximate surface area is 154 Å². The average Bonchev–Trinajstić information content (AvgIpc) is 3.11. The number of nitrogens with zero attached hydrogens (tertiary/aromatic N) is 3. The minimum absolute atomic E-state index is 0.134. The van der Waals surface area contributed by atoms with E-state index in [1.165, 1.54) is 5.56 Å². The van der Waals surface area contributed by atoms with E-state index < -0.39 is 0 Å². The number of amides is 1. The van der Waals surface area contributed by atoms with Crippen LogP contribution >= 0.6 is 0 Å². The van der Waals surface area contributed by atoms with Crippen molar-refractivity contribution in [2.45, 2.75) is 40.2 Å². The molecule has 0 saturated heterocycles. The second kappa shape index (κ2) is 6.48. The van der Waals surface area contributed by atoms with Crippen molar-refractivity contribution in [1.82, 2.24) is 19.7 Å². The van der Waals surface area contributed by atoms with Crippen molar-refractivity contribution in [1.29, 1.82) is 0 Å². The molecule has 0 bridgehead atoms. The second-order valence-electron chi connectivity index (χ2n) is 7.83. The lowest BCUT2D eigenvalue weighted by atomic mass is 10.1. The molecule has 26 heavy (non-hydrogen) atoms. The van der Waals surface area contributed by atoms with Gasteiger partial charge in [-0.1, -0.05) is 17.7 Å². The Bertz CT molecular complexity index is 957. The number of benzene rings is 1. The first kappa shape index (κ1) is 18.0. The molecule has 1 N–H and O–H groups in total. The Morgan fingerprint density at radius 3 is 2.42 bits per heavy atom. The number of rotatable bonds is 3. The Morgan fingerprint density at radius 1 is 1.12 bits per heavy atom. The molecule has 0 aliphatic rings. The van der Waals surface area contributed by atoms with Crippen LogP contribution in [0.25, 0.3) is 17.1 Å². The van der Waals surface area contributed by atoms with Gasteiger partial charge in [0.1, 0.15) is 11.4 Å². The summed E-state index contributed by atoms with van der Waals surface area (Å²) in [4.78, 5) is 12.9. The highest BCUT2D eigenvalue weighted by atomic mass is 16.2. The molecular weight excluding hydrogens is 324 g/mol. The number of aryl methyl sites for hydroxylation is 3. The van der Waals surface area contributed by atoms with Crippen LogP contribution < -0.4 is 5.32 Å². The highest BCUT2D eigenvalue weighted by molar-refractivity contribution is 5.94. The number of nitrogens with one attached hydrogen (secondary N) is 1. The fourth-order valence-corrected chi connectivity index (χ4v) is 3.03. The van der Waals surface area contributed by atoms with E-state index >= 15 is 0 Å². The molecule has 0 radical (unpaired) electrons. The molecule has 5 nitrogen and oxygen atoms in total. The van der Waals surface area contributed by atoms with Crippen molar-refractivity contribution in [3.63, 3.8) is 0 Å². The van der Waals surface area contributed by atoms with E-state index in [1.54, 1.807) is 4.68 Å². The first-order chi connectivity index (χ1) is 12.2. The molecule has 1 aromatic carbocycles. The number of carbonyl (C=O) groups is 1. The van der Waals surface area contributed by atoms with Crippen molar-refractivity contribution in [3.8, 4) is 17.1 Å². The summed E-state index contributed by atoms with van der Waals surface area (Å²) < 4.78 is 3.75. The molecule has 5 heteroatoms. The molecule has 3 rings (SSSR count). The van der Waals surface area contributed by atoms with Gasteiger partial charge in [0.15, 0.2) is 0 Å². The average molecular weight is 350 g/mol. The van der Waals surface area contributed by atoms with E-state index in [0.29, 0.717) is 5.69 Å². The summed E-state index contributed by atoms with van der Waals surface area (Å²) in [7, 11) is 1.97. The maximum absolute atomic E-state index is 12.9. The van der Waals surface area contributed by atoms with Crippen LogP contribution in [0.1, 0.15) is 42.4 Å². The van der Waals surface area contributed by atoms with E-state index in [4.69, 9.17) is 5.10 Å². The van der Waals surface area contributed by atoms with Crippen molar-refractivity contribution in [3.05, 3.63) is 59.4 Å². The van der Waals surface area contributed by atoms with Crippen molar-refractivity contribution >= 4 is 5.91 Å². The van der Waals surface area contributed by atoms with Gasteiger partial charge in [-0.3, -0.25) is 4.79 Å². The molecule has 2 aromatic heterocycles. The summed E-state index contributed by atoms with van der Waals surface area (Å²) in [6.07, 6.45) is 1.97. The number of aromatic nitrogens is 3. The predicted molar refractivity (Wildman–Crippen MR) is 105 cm³/mol. The first-order valence-electron chi connectivity index (χ1n) is 8.77. The van der Waals surface area contributed by atoms with Crippen LogP contribution in [0.2, 0.25) is 0 Å². The third-order valence-electron chi connectivity index (χ3n) is 4.22. The monoisotopic (exact) mass is 350 g/mol. The van der Waals surface area contributed by atoms with Gasteiger partial charge in [0.25, 0.3) is 5.91 Å². The molecule has 0 fully saturated rings. The molecule has 2 heterocycles. The van der Waals surface area contributed by atoms with Crippen LogP contribution in [0.3, 0.4) is 0 Å². The maximum atomic E-state index is 12.9. The SMILES string of the molecule is Cc1ccc(-n2nc(-c3cccn3C)cc2C(=O)NC(C)(C)C)c(C)c1. The molecular formula is C21H26N4O. The Kier molecular flexibility index (Phi) is 4.48. The maximum Gasteiger partial charge on any atom is 0.270 e. The third kappa shape index (κ3) is 3.57. The smallest absolute Gasteiger partial charge is 0.270 e. The highest BCUT2D eigenvalue weighted by Crippen LogP contribution is 2.24. The Hall–Kier alpha value is -2.82. The fraction of sp³-hybridized carbons (Fsp3) is 0.333. The molecule has 0 saturated carbocycles. The predicted octanol–water partition coefficient (Wildman–Crippen LogP) is 4.02. The topological polar surface area (TPSA) is 51.9 Å². The summed E-state index contributed by atoms with van der Waals surface area (Å²) in [5, 5.41) is 7.80. The standard InChI is InChI=1S/C21H26N4O/c1-14-9-10-17(15(2)12-14)25-19(20(26)22-21(3,4)5)13-16(23-25)18-8-7-11-24(18)6/h7-13H,1-6H3,(H,22,26).